The minimum atomic E-state index is -1.08. The molecule has 68 valence electrons. The van der Waals surface area contributed by atoms with E-state index in [0.29, 0.717) is 6.42 Å². The summed E-state index contributed by atoms with van der Waals surface area (Å²) in [6.07, 6.45) is 3.67. The second-order valence-corrected chi connectivity index (χ2v) is 3.28. The van der Waals surface area contributed by atoms with E-state index in [1.807, 2.05) is 12.1 Å². The number of rotatable bonds is 1. The fourth-order valence-corrected chi connectivity index (χ4v) is 1.79. The van der Waals surface area contributed by atoms with Crippen molar-refractivity contribution in [3.05, 3.63) is 12.2 Å². The van der Waals surface area contributed by atoms with Crippen LogP contribution < -0.4 is 0 Å². The first kappa shape index (κ1) is 8.27. The van der Waals surface area contributed by atoms with Gasteiger partial charge in [0.05, 0.1) is 6.10 Å². The van der Waals surface area contributed by atoms with Gasteiger partial charge in [-0.1, -0.05) is 12.2 Å². The van der Waals surface area contributed by atoms with E-state index < -0.39 is 11.6 Å². The number of nitrogens with zero attached hydrogens (tertiary/aromatic N) is 1. The fourth-order valence-electron chi connectivity index (χ4n) is 1.79. The molecule has 2 heterocycles. The Morgan fingerprint density at radius 2 is 2.54 bits per heavy atom. The highest BCUT2D eigenvalue weighted by molar-refractivity contribution is 5.67. The second-order valence-electron chi connectivity index (χ2n) is 3.28. The quantitative estimate of drug-likeness (QED) is 0.435. The van der Waals surface area contributed by atoms with Gasteiger partial charge in [-0.05, 0) is 0 Å². The van der Waals surface area contributed by atoms with Gasteiger partial charge in [-0.3, -0.25) is 4.79 Å². The molecule has 0 aromatic carbocycles. The zero-order valence-corrected chi connectivity index (χ0v) is 7.19. The van der Waals surface area contributed by atoms with Gasteiger partial charge in [0.15, 0.2) is 0 Å². The number of nitriles is 1. The molecule has 1 saturated heterocycles. The maximum absolute atomic E-state index is 10.8. The van der Waals surface area contributed by atoms with Crippen LogP contribution in [-0.4, -0.2) is 23.8 Å². The Kier molecular flexibility index (Phi) is 1.64. The summed E-state index contributed by atoms with van der Waals surface area (Å²) < 4.78 is 10.4. The van der Waals surface area contributed by atoms with Crippen LogP contribution in [0.4, 0.5) is 0 Å². The predicted molar refractivity (Wildman–Crippen MR) is 42.5 cm³/mol. The average Bonchev–Trinajstić information content (AvgIpc) is 2.62. The number of ether oxygens (including phenoxy) is 2. The molecule has 2 rings (SSSR count). The highest BCUT2D eigenvalue weighted by atomic mass is 16.6. The van der Waals surface area contributed by atoms with Crippen LogP contribution in [0, 0.1) is 11.3 Å². The highest BCUT2D eigenvalue weighted by Crippen LogP contribution is 2.39. The molecule has 3 atom stereocenters. The highest BCUT2D eigenvalue weighted by Gasteiger charge is 2.53. The zero-order valence-electron chi connectivity index (χ0n) is 7.19. The van der Waals surface area contributed by atoms with Crippen LogP contribution in [-0.2, 0) is 14.3 Å². The average molecular weight is 179 g/mol. The maximum atomic E-state index is 10.8. The number of carbonyl (C=O) groups is 1. The van der Waals surface area contributed by atoms with Crippen LogP contribution in [0.25, 0.3) is 0 Å². The Morgan fingerprint density at radius 3 is 2.92 bits per heavy atom. The molecule has 4 nitrogen and oxygen atoms in total. The summed E-state index contributed by atoms with van der Waals surface area (Å²) in [7, 11) is 0. The smallest absolute Gasteiger partial charge is 0.304 e. The van der Waals surface area contributed by atoms with Crippen molar-refractivity contribution < 1.29 is 14.3 Å². The van der Waals surface area contributed by atoms with Gasteiger partial charge in [0.25, 0.3) is 0 Å². The molecular weight excluding hydrogens is 170 g/mol. The van der Waals surface area contributed by atoms with Gasteiger partial charge in [-0.2, -0.15) is 5.26 Å². The molecule has 1 fully saturated rings. The molecule has 2 aliphatic rings. The largest absolute Gasteiger partial charge is 0.440 e. The molecular formula is C9H9NO3. The van der Waals surface area contributed by atoms with E-state index in [4.69, 9.17) is 14.7 Å². The molecule has 0 saturated carbocycles. The van der Waals surface area contributed by atoms with Crippen molar-refractivity contribution in [3.63, 3.8) is 0 Å². The SMILES string of the molecule is CC(=O)OC1(C#N)C[C@@H]2C=C[C@H]1O2. The van der Waals surface area contributed by atoms with E-state index in [9.17, 15) is 4.79 Å². The lowest BCUT2D eigenvalue weighted by Crippen LogP contribution is -2.40. The van der Waals surface area contributed by atoms with Crippen LogP contribution in [0.1, 0.15) is 13.3 Å². The maximum Gasteiger partial charge on any atom is 0.304 e. The molecule has 0 radical (unpaired) electrons. The van der Waals surface area contributed by atoms with Crippen molar-refractivity contribution >= 4 is 5.97 Å². The van der Waals surface area contributed by atoms with Crippen molar-refractivity contribution in [2.45, 2.75) is 31.2 Å². The lowest BCUT2D eigenvalue weighted by atomic mass is 9.90. The standard InChI is InChI=1S/C9H9NO3/c1-6(11)13-9(5-10)4-7-2-3-8(9)12-7/h2-3,7-8H,4H2,1H3/t7-,8+,9?/m0/s1. The fraction of sp³-hybridized carbons (Fsp3) is 0.556. The van der Waals surface area contributed by atoms with Crippen LogP contribution in [0.2, 0.25) is 0 Å². The summed E-state index contributed by atoms with van der Waals surface area (Å²) in [5.74, 6) is -0.439. The third kappa shape index (κ3) is 1.12. The lowest BCUT2D eigenvalue weighted by Gasteiger charge is -2.24. The van der Waals surface area contributed by atoms with Crippen molar-refractivity contribution in [1.29, 1.82) is 5.26 Å². The van der Waals surface area contributed by atoms with Gasteiger partial charge in [0, 0.05) is 13.3 Å². The summed E-state index contributed by atoms with van der Waals surface area (Å²) in [6.45, 7) is 1.30. The predicted octanol–water partition coefficient (Wildman–Crippen LogP) is 0.539. The van der Waals surface area contributed by atoms with E-state index in [0.717, 1.165) is 0 Å². The molecule has 0 amide bonds. The van der Waals surface area contributed by atoms with Gasteiger partial charge in [-0.25, -0.2) is 0 Å². The molecule has 2 aliphatic heterocycles. The zero-order chi connectivity index (χ0) is 9.47. The molecule has 0 aliphatic carbocycles. The Balaban J connectivity index is 2.24. The number of fused-ring (bicyclic) bond motifs is 2. The summed E-state index contributed by atoms with van der Waals surface area (Å²) in [5, 5.41) is 8.95. The van der Waals surface area contributed by atoms with E-state index in [-0.39, 0.29) is 12.2 Å². The number of hydrogen-bond donors (Lipinski definition) is 0. The van der Waals surface area contributed by atoms with Crippen LogP contribution in [0.15, 0.2) is 12.2 Å². The Labute approximate surface area is 75.7 Å². The Hall–Kier alpha value is -1.34. The van der Waals surface area contributed by atoms with E-state index in [2.05, 4.69) is 0 Å². The van der Waals surface area contributed by atoms with Gasteiger partial charge in [0.1, 0.15) is 12.2 Å². The van der Waals surface area contributed by atoms with E-state index in [1.54, 1.807) is 6.08 Å². The molecule has 0 N–H and O–H groups in total. The van der Waals surface area contributed by atoms with Crippen LogP contribution >= 0.6 is 0 Å². The van der Waals surface area contributed by atoms with Crippen molar-refractivity contribution in [2.24, 2.45) is 0 Å². The summed E-state index contributed by atoms with van der Waals surface area (Å²) >= 11 is 0. The lowest BCUT2D eigenvalue weighted by molar-refractivity contribution is -0.154. The number of carbonyl (C=O) groups excluding carboxylic acids is 1. The van der Waals surface area contributed by atoms with Gasteiger partial charge < -0.3 is 9.47 Å². The molecule has 0 aromatic heterocycles. The number of esters is 1. The first-order chi connectivity index (χ1) is 6.16. The number of hydrogen-bond acceptors (Lipinski definition) is 4. The summed E-state index contributed by atoms with van der Waals surface area (Å²) in [6, 6.07) is 2.02. The monoisotopic (exact) mass is 179 g/mol. The summed E-state index contributed by atoms with van der Waals surface area (Å²) in [5.41, 5.74) is -1.08. The van der Waals surface area contributed by atoms with E-state index in [1.165, 1.54) is 6.92 Å². The minimum absolute atomic E-state index is 0.0657. The van der Waals surface area contributed by atoms with Crippen LogP contribution in [0.5, 0.6) is 0 Å². The van der Waals surface area contributed by atoms with Crippen molar-refractivity contribution in [3.8, 4) is 6.07 Å². The normalized spacial score (nSPS) is 40.3. The van der Waals surface area contributed by atoms with Gasteiger partial charge in [0.2, 0.25) is 5.60 Å². The molecule has 0 aromatic rings. The summed E-state index contributed by atoms with van der Waals surface area (Å²) in [4.78, 5) is 10.8. The minimum Gasteiger partial charge on any atom is -0.440 e. The van der Waals surface area contributed by atoms with Gasteiger partial charge >= 0.3 is 5.97 Å². The third-order valence-electron chi connectivity index (χ3n) is 2.30. The first-order valence-corrected chi connectivity index (χ1v) is 4.11. The Morgan fingerprint density at radius 1 is 1.77 bits per heavy atom. The van der Waals surface area contributed by atoms with Crippen molar-refractivity contribution in [1.82, 2.24) is 0 Å². The first-order valence-electron chi connectivity index (χ1n) is 4.11. The topological polar surface area (TPSA) is 59.3 Å². The molecule has 2 bridgehead atoms. The molecule has 1 unspecified atom stereocenters. The molecule has 4 heteroatoms. The Bertz CT molecular complexity index is 317. The third-order valence-corrected chi connectivity index (χ3v) is 2.30. The van der Waals surface area contributed by atoms with Gasteiger partial charge in [-0.15, -0.1) is 0 Å². The van der Waals surface area contributed by atoms with E-state index >= 15 is 0 Å². The molecule has 13 heavy (non-hydrogen) atoms. The second kappa shape index (κ2) is 2.57. The molecule has 0 spiro atoms. The van der Waals surface area contributed by atoms with Crippen LogP contribution in [0.3, 0.4) is 0 Å². The van der Waals surface area contributed by atoms with Crippen molar-refractivity contribution in [2.75, 3.05) is 0 Å².